The number of nitrogens with one attached hydrogen (secondary N) is 1. The van der Waals surface area contributed by atoms with Crippen LogP contribution in [-0.2, 0) is 20.9 Å². The summed E-state index contributed by atoms with van der Waals surface area (Å²) in [7, 11) is 0. The Bertz CT molecular complexity index is 737. The number of likely N-dealkylation sites (tertiary alicyclic amines) is 2. The summed E-state index contributed by atoms with van der Waals surface area (Å²) in [6.45, 7) is 5.35. The second kappa shape index (κ2) is 9.39. The van der Waals surface area contributed by atoms with Crippen molar-refractivity contribution in [2.24, 2.45) is 11.7 Å². The molecule has 0 saturated carbocycles. The van der Waals surface area contributed by atoms with Crippen molar-refractivity contribution in [3.05, 3.63) is 35.9 Å². The van der Waals surface area contributed by atoms with Gasteiger partial charge in [-0.3, -0.25) is 14.4 Å². The van der Waals surface area contributed by atoms with Crippen LogP contribution in [0.1, 0.15) is 45.1 Å². The van der Waals surface area contributed by atoms with E-state index in [0.717, 1.165) is 18.4 Å². The standard InChI is InChI=1S/C22H32N4O3/c1-15(2)19(23)22(29)26-13-7-11-18(26)21(28)25-12-6-10-17(25)20(27)24-14-16-8-4-3-5-9-16/h3-5,8-9,15,17-19H,6-7,10-14,23H2,1-2H3,(H,24,27)/t17-,18-,19?/m0/s1. The molecular formula is C22H32N4O3. The lowest BCUT2D eigenvalue weighted by atomic mass is 10.0. The summed E-state index contributed by atoms with van der Waals surface area (Å²) in [5.41, 5.74) is 7.07. The lowest BCUT2D eigenvalue weighted by Gasteiger charge is -2.32. The number of hydrogen-bond donors (Lipinski definition) is 2. The quantitative estimate of drug-likeness (QED) is 0.752. The number of amides is 3. The van der Waals surface area contributed by atoms with Crippen LogP contribution in [0, 0.1) is 5.92 Å². The van der Waals surface area contributed by atoms with E-state index in [0.29, 0.717) is 32.5 Å². The minimum Gasteiger partial charge on any atom is -0.350 e. The molecular weight excluding hydrogens is 368 g/mol. The summed E-state index contributed by atoms with van der Waals surface area (Å²) >= 11 is 0. The van der Waals surface area contributed by atoms with Gasteiger partial charge in [0, 0.05) is 19.6 Å². The first kappa shape index (κ1) is 21.3. The van der Waals surface area contributed by atoms with E-state index in [4.69, 9.17) is 5.73 Å². The number of rotatable bonds is 6. The average molecular weight is 401 g/mol. The molecule has 7 nitrogen and oxygen atoms in total. The molecule has 3 N–H and O–H groups in total. The SMILES string of the molecule is CC(C)C(N)C(=O)N1CCC[C@H]1C(=O)N1CCC[C@H]1C(=O)NCc1ccccc1. The molecule has 0 radical (unpaired) electrons. The van der Waals surface area contributed by atoms with Gasteiger partial charge in [0.25, 0.3) is 0 Å². The molecule has 0 aromatic heterocycles. The van der Waals surface area contributed by atoms with Gasteiger partial charge in [-0.1, -0.05) is 44.2 Å². The number of benzene rings is 1. The molecule has 2 heterocycles. The van der Waals surface area contributed by atoms with Gasteiger partial charge in [0.15, 0.2) is 0 Å². The molecule has 3 atom stereocenters. The van der Waals surface area contributed by atoms with Crippen molar-refractivity contribution in [1.29, 1.82) is 0 Å². The van der Waals surface area contributed by atoms with Gasteiger partial charge in [-0.25, -0.2) is 0 Å². The Morgan fingerprint density at radius 3 is 2.31 bits per heavy atom. The predicted octanol–water partition coefficient (Wildman–Crippen LogP) is 1.27. The molecule has 0 spiro atoms. The molecule has 1 aromatic rings. The van der Waals surface area contributed by atoms with E-state index in [1.807, 2.05) is 44.2 Å². The number of carbonyl (C=O) groups is 3. The second-order valence-electron chi connectivity index (χ2n) is 8.35. The van der Waals surface area contributed by atoms with Crippen LogP contribution in [0.3, 0.4) is 0 Å². The summed E-state index contributed by atoms with van der Waals surface area (Å²) in [5, 5.41) is 2.95. The van der Waals surface area contributed by atoms with Crippen molar-refractivity contribution in [1.82, 2.24) is 15.1 Å². The number of nitrogens with two attached hydrogens (primary N) is 1. The van der Waals surface area contributed by atoms with Gasteiger partial charge in [0.2, 0.25) is 17.7 Å². The van der Waals surface area contributed by atoms with Crippen molar-refractivity contribution >= 4 is 17.7 Å². The van der Waals surface area contributed by atoms with Gasteiger partial charge in [-0.2, -0.15) is 0 Å². The fourth-order valence-corrected chi connectivity index (χ4v) is 4.16. The van der Waals surface area contributed by atoms with Crippen LogP contribution < -0.4 is 11.1 Å². The number of carbonyl (C=O) groups excluding carboxylic acids is 3. The third-order valence-corrected chi connectivity index (χ3v) is 5.97. The number of hydrogen-bond acceptors (Lipinski definition) is 4. The molecule has 0 aliphatic carbocycles. The van der Waals surface area contributed by atoms with E-state index in [1.165, 1.54) is 0 Å². The fourth-order valence-electron chi connectivity index (χ4n) is 4.16. The molecule has 2 fully saturated rings. The largest absolute Gasteiger partial charge is 0.350 e. The normalized spacial score (nSPS) is 22.8. The van der Waals surface area contributed by atoms with Crippen LogP contribution >= 0.6 is 0 Å². The Balaban J connectivity index is 1.64. The molecule has 3 amide bonds. The molecule has 7 heteroatoms. The minimum atomic E-state index is -0.605. The van der Waals surface area contributed by atoms with Crippen LogP contribution in [-0.4, -0.2) is 58.7 Å². The molecule has 1 unspecified atom stereocenters. The smallest absolute Gasteiger partial charge is 0.246 e. The van der Waals surface area contributed by atoms with Crippen LogP contribution in [0.25, 0.3) is 0 Å². The highest BCUT2D eigenvalue weighted by Crippen LogP contribution is 2.26. The van der Waals surface area contributed by atoms with Crippen LogP contribution in [0.5, 0.6) is 0 Å². The Kier molecular flexibility index (Phi) is 6.90. The maximum atomic E-state index is 13.3. The molecule has 2 aliphatic rings. The zero-order valence-electron chi connectivity index (χ0n) is 17.3. The first-order valence-electron chi connectivity index (χ1n) is 10.6. The predicted molar refractivity (Wildman–Crippen MR) is 111 cm³/mol. The van der Waals surface area contributed by atoms with Crippen LogP contribution in [0.2, 0.25) is 0 Å². The van der Waals surface area contributed by atoms with E-state index in [2.05, 4.69) is 5.32 Å². The van der Waals surface area contributed by atoms with Gasteiger partial charge in [0.05, 0.1) is 6.04 Å². The second-order valence-corrected chi connectivity index (χ2v) is 8.35. The van der Waals surface area contributed by atoms with Gasteiger partial charge in [-0.05, 0) is 37.2 Å². The molecule has 0 bridgehead atoms. The fraction of sp³-hybridized carbons (Fsp3) is 0.591. The molecule has 2 aliphatic heterocycles. The van der Waals surface area contributed by atoms with Crippen LogP contribution in [0.15, 0.2) is 30.3 Å². The van der Waals surface area contributed by atoms with Crippen molar-refractivity contribution in [3.63, 3.8) is 0 Å². The topological polar surface area (TPSA) is 95.7 Å². The monoisotopic (exact) mass is 400 g/mol. The Labute approximate surface area is 172 Å². The third-order valence-electron chi connectivity index (χ3n) is 5.97. The molecule has 29 heavy (non-hydrogen) atoms. The zero-order valence-corrected chi connectivity index (χ0v) is 17.3. The molecule has 2 saturated heterocycles. The average Bonchev–Trinajstić information content (AvgIpc) is 3.40. The van der Waals surface area contributed by atoms with Crippen molar-refractivity contribution < 1.29 is 14.4 Å². The van der Waals surface area contributed by atoms with Gasteiger partial charge >= 0.3 is 0 Å². The van der Waals surface area contributed by atoms with Crippen molar-refractivity contribution in [3.8, 4) is 0 Å². The van der Waals surface area contributed by atoms with Gasteiger partial charge in [0.1, 0.15) is 12.1 Å². The van der Waals surface area contributed by atoms with Crippen molar-refractivity contribution in [2.45, 2.75) is 64.2 Å². The molecule has 1 aromatic carbocycles. The van der Waals surface area contributed by atoms with Crippen molar-refractivity contribution in [2.75, 3.05) is 13.1 Å². The highest BCUT2D eigenvalue weighted by Gasteiger charge is 2.43. The van der Waals surface area contributed by atoms with E-state index >= 15 is 0 Å². The lowest BCUT2D eigenvalue weighted by Crippen LogP contribution is -2.55. The Morgan fingerprint density at radius 1 is 1.03 bits per heavy atom. The summed E-state index contributed by atoms with van der Waals surface area (Å²) in [6.07, 6.45) is 2.86. The number of nitrogens with zero attached hydrogens (tertiary/aromatic N) is 2. The lowest BCUT2D eigenvalue weighted by molar-refractivity contribution is -0.147. The summed E-state index contributed by atoms with van der Waals surface area (Å²) in [6, 6.07) is 8.13. The van der Waals surface area contributed by atoms with Gasteiger partial charge < -0.3 is 20.9 Å². The first-order valence-corrected chi connectivity index (χ1v) is 10.6. The minimum absolute atomic E-state index is 0.0159. The van der Waals surface area contributed by atoms with Crippen LogP contribution in [0.4, 0.5) is 0 Å². The highest BCUT2D eigenvalue weighted by molar-refractivity contribution is 5.93. The highest BCUT2D eigenvalue weighted by atomic mass is 16.2. The summed E-state index contributed by atoms with van der Waals surface area (Å²) in [5.74, 6) is -0.402. The Hall–Kier alpha value is -2.41. The van der Waals surface area contributed by atoms with E-state index in [1.54, 1.807) is 9.80 Å². The zero-order chi connectivity index (χ0) is 21.0. The molecule has 3 rings (SSSR count). The summed E-state index contributed by atoms with van der Waals surface area (Å²) < 4.78 is 0. The van der Waals surface area contributed by atoms with E-state index in [9.17, 15) is 14.4 Å². The van der Waals surface area contributed by atoms with E-state index in [-0.39, 0.29) is 23.6 Å². The first-order chi connectivity index (χ1) is 13.9. The Morgan fingerprint density at radius 2 is 1.66 bits per heavy atom. The maximum absolute atomic E-state index is 13.3. The third kappa shape index (κ3) is 4.78. The summed E-state index contributed by atoms with van der Waals surface area (Å²) in [4.78, 5) is 42.0. The van der Waals surface area contributed by atoms with E-state index < -0.39 is 18.1 Å². The maximum Gasteiger partial charge on any atom is 0.246 e. The molecule has 158 valence electrons. The van der Waals surface area contributed by atoms with Gasteiger partial charge in [-0.15, -0.1) is 0 Å².